The molecule has 1 N–H and O–H groups in total. The molecule has 0 fully saturated rings. The van der Waals surface area contributed by atoms with Crippen molar-refractivity contribution in [2.75, 3.05) is 14.1 Å². The van der Waals surface area contributed by atoms with Gasteiger partial charge in [0.1, 0.15) is 11.4 Å². The van der Waals surface area contributed by atoms with Crippen molar-refractivity contribution in [3.63, 3.8) is 0 Å². The molecule has 0 aromatic heterocycles. The molecule has 0 bridgehead atoms. The molecule has 1 heterocycles. The van der Waals surface area contributed by atoms with Gasteiger partial charge in [0.25, 0.3) is 5.91 Å². The van der Waals surface area contributed by atoms with Crippen molar-refractivity contribution in [1.29, 1.82) is 0 Å². The Kier molecular flexibility index (Phi) is 5.25. The molecule has 6 nitrogen and oxygen atoms in total. The Morgan fingerprint density at radius 3 is 2.57 bits per heavy atom. The van der Waals surface area contributed by atoms with Crippen LogP contribution >= 0.6 is 0 Å². The number of nitrogens with one attached hydrogen (secondary N) is 1. The number of carbonyl (C=O) groups is 1. The summed E-state index contributed by atoms with van der Waals surface area (Å²) < 4.78 is 31.9. The van der Waals surface area contributed by atoms with E-state index in [2.05, 4.69) is 5.32 Å². The molecule has 7 heteroatoms. The van der Waals surface area contributed by atoms with Crippen LogP contribution in [0.15, 0.2) is 47.4 Å². The van der Waals surface area contributed by atoms with Crippen LogP contribution in [0.3, 0.4) is 0 Å². The second-order valence-electron chi connectivity index (χ2n) is 7.95. The Morgan fingerprint density at radius 2 is 1.89 bits per heavy atom. The fourth-order valence-corrected chi connectivity index (χ4v) is 4.29. The Hall–Kier alpha value is -2.38. The molecular formula is C21H26N2O4S. The van der Waals surface area contributed by atoms with Crippen LogP contribution in [-0.2, 0) is 10.0 Å². The van der Waals surface area contributed by atoms with Crippen LogP contribution in [0.5, 0.6) is 5.75 Å². The zero-order chi connectivity index (χ0) is 20.7. The highest BCUT2D eigenvalue weighted by atomic mass is 32.2. The predicted octanol–water partition coefficient (Wildman–Crippen LogP) is 3.28. The topological polar surface area (TPSA) is 75.7 Å². The number of hydrogen-bond donors (Lipinski definition) is 1. The van der Waals surface area contributed by atoms with E-state index >= 15 is 0 Å². The van der Waals surface area contributed by atoms with Crippen molar-refractivity contribution in [2.45, 2.75) is 43.7 Å². The summed E-state index contributed by atoms with van der Waals surface area (Å²) in [5.74, 6) is 0.454. The van der Waals surface area contributed by atoms with E-state index in [-0.39, 0.29) is 16.8 Å². The summed E-state index contributed by atoms with van der Waals surface area (Å²) in [6.07, 6.45) is 0.616. The molecule has 0 radical (unpaired) electrons. The van der Waals surface area contributed by atoms with E-state index in [9.17, 15) is 13.2 Å². The zero-order valence-electron chi connectivity index (χ0n) is 16.8. The third-order valence-corrected chi connectivity index (χ3v) is 6.62. The first-order valence-electron chi connectivity index (χ1n) is 9.13. The highest BCUT2D eigenvalue weighted by Crippen LogP contribution is 2.40. The Balaban J connectivity index is 1.90. The van der Waals surface area contributed by atoms with E-state index in [1.807, 2.05) is 39.0 Å². The number of amides is 1. The summed E-state index contributed by atoms with van der Waals surface area (Å²) >= 11 is 0. The zero-order valence-corrected chi connectivity index (χ0v) is 17.6. The normalized spacial score (nSPS) is 18.3. The highest BCUT2D eigenvalue weighted by molar-refractivity contribution is 7.89. The van der Waals surface area contributed by atoms with Crippen LogP contribution in [-0.4, -0.2) is 38.3 Å². The molecule has 1 aliphatic heterocycles. The smallest absolute Gasteiger partial charge is 0.251 e. The lowest BCUT2D eigenvalue weighted by atomic mass is 9.89. The molecule has 28 heavy (non-hydrogen) atoms. The van der Waals surface area contributed by atoms with Crippen molar-refractivity contribution in [3.05, 3.63) is 59.2 Å². The summed E-state index contributed by atoms with van der Waals surface area (Å²) in [4.78, 5) is 13.0. The number of aryl methyl sites for hydroxylation is 1. The summed E-state index contributed by atoms with van der Waals surface area (Å²) in [5, 5.41) is 3.05. The first-order chi connectivity index (χ1) is 13.0. The first kappa shape index (κ1) is 20.4. The minimum absolute atomic E-state index is 0.0912. The van der Waals surface area contributed by atoms with E-state index in [1.165, 1.54) is 26.2 Å². The largest absolute Gasteiger partial charge is 0.487 e. The predicted molar refractivity (Wildman–Crippen MR) is 108 cm³/mol. The molecule has 0 saturated carbocycles. The fourth-order valence-electron chi connectivity index (χ4n) is 3.34. The van der Waals surface area contributed by atoms with Crippen molar-refractivity contribution in [2.24, 2.45) is 0 Å². The average molecular weight is 403 g/mol. The summed E-state index contributed by atoms with van der Waals surface area (Å²) in [6, 6.07) is 11.8. The van der Waals surface area contributed by atoms with Crippen molar-refractivity contribution >= 4 is 15.9 Å². The Morgan fingerprint density at radius 1 is 1.18 bits per heavy atom. The highest BCUT2D eigenvalue weighted by Gasteiger charge is 2.34. The number of ether oxygens (including phenoxy) is 1. The van der Waals surface area contributed by atoms with Gasteiger partial charge in [-0.1, -0.05) is 18.2 Å². The molecule has 0 saturated heterocycles. The van der Waals surface area contributed by atoms with Crippen LogP contribution in [0.25, 0.3) is 0 Å². The van der Waals surface area contributed by atoms with Crippen molar-refractivity contribution < 1.29 is 17.9 Å². The molecular weight excluding hydrogens is 376 g/mol. The third-order valence-electron chi connectivity index (χ3n) is 4.81. The standard InChI is InChI=1S/C21H26N2O4S/c1-14-9-10-17-18(13-21(2,3)27-19(17)11-14)22-20(24)15-7-6-8-16(12-15)28(25,26)23(4)5/h6-12,18H,13H2,1-5H3,(H,22,24). The van der Waals surface area contributed by atoms with Gasteiger partial charge < -0.3 is 10.1 Å². The average Bonchev–Trinajstić information content (AvgIpc) is 2.60. The van der Waals surface area contributed by atoms with Crippen LogP contribution in [0.4, 0.5) is 0 Å². The Bertz CT molecular complexity index is 1010. The maximum Gasteiger partial charge on any atom is 0.251 e. The maximum atomic E-state index is 12.9. The number of hydrogen-bond acceptors (Lipinski definition) is 4. The van der Waals surface area contributed by atoms with Gasteiger partial charge in [-0.05, 0) is 50.6 Å². The fraction of sp³-hybridized carbons (Fsp3) is 0.381. The number of sulfonamides is 1. The van der Waals surface area contributed by atoms with Crippen LogP contribution in [0, 0.1) is 6.92 Å². The summed E-state index contributed by atoms with van der Waals surface area (Å²) in [5.41, 5.74) is 1.90. The second kappa shape index (κ2) is 7.22. The van der Waals surface area contributed by atoms with E-state index < -0.39 is 15.6 Å². The molecule has 150 valence electrons. The van der Waals surface area contributed by atoms with Crippen LogP contribution in [0.1, 0.15) is 47.8 Å². The lowest BCUT2D eigenvalue weighted by Crippen LogP contribution is -2.41. The van der Waals surface area contributed by atoms with Crippen molar-refractivity contribution in [1.82, 2.24) is 9.62 Å². The molecule has 1 atom stereocenters. The second-order valence-corrected chi connectivity index (χ2v) is 10.1. The van der Waals surface area contributed by atoms with E-state index in [0.717, 1.165) is 21.2 Å². The summed E-state index contributed by atoms with van der Waals surface area (Å²) in [7, 11) is -0.678. The Labute approximate surface area is 166 Å². The van der Waals surface area contributed by atoms with Crippen molar-refractivity contribution in [3.8, 4) is 5.75 Å². The van der Waals surface area contributed by atoms with Crippen LogP contribution in [0.2, 0.25) is 0 Å². The molecule has 2 aromatic carbocycles. The number of carbonyl (C=O) groups excluding carboxylic acids is 1. The monoisotopic (exact) mass is 402 g/mol. The quantitative estimate of drug-likeness (QED) is 0.852. The van der Waals surface area contributed by atoms with Gasteiger partial charge in [-0.2, -0.15) is 0 Å². The number of nitrogens with zero attached hydrogens (tertiary/aromatic N) is 1. The van der Waals surface area contributed by atoms with Gasteiger partial charge in [-0.25, -0.2) is 12.7 Å². The van der Waals surface area contributed by atoms with Crippen LogP contribution < -0.4 is 10.1 Å². The van der Waals surface area contributed by atoms with Gasteiger partial charge in [0.15, 0.2) is 0 Å². The van der Waals surface area contributed by atoms with Gasteiger partial charge in [-0.3, -0.25) is 4.79 Å². The molecule has 0 spiro atoms. The minimum atomic E-state index is -3.60. The van der Waals surface area contributed by atoms with Gasteiger partial charge in [0.2, 0.25) is 10.0 Å². The van der Waals surface area contributed by atoms with Gasteiger partial charge in [0, 0.05) is 31.6 Å². The SMILES string of the molecule is Cc1ccc2c(c1)OC(C)(C)CC2NC(=O)c1cccc(S(=O)(=O)N(C)C)c1. The van der Waals surface area contributed by atoms with E-state index in [0.29, 0.717) is 12.0 Å². The molecule has 1 amide bonds. The third kappa shape index (κ3) is 4.05. The van der Waals surface area contributed by atoms with Gasteiger partial charge in [0.05, 0.1) is 10.9 Å². The van der Waals surface area contributed by atoms with E-state index in [4.69, 9.17) is 4.74 Å². The molecule has 1 unspecified atom stereocenters. The number of benzene rings is 2. The lowest BCUT2D eigenvalue weighted by Gasteiger charge is -2.38. The summed E-state index contributed by atoms with van der Waals surface area (Å²) in [6.45, 7) is 5.97. The molecule has 1 aliphatic rings. The van der Waals surface area contributed by atoms with Gasteiger partial charge >= 0.3 is 0 Å². The van der Waals surface area contributed by atoms with Gasteiger partial charge in [-0.15, -0.1) is 0 Å². The lowest BCUT2D eigenvalue weighted by molar-refractivity contribution is 0.0619. The molecule has 2 aromatic rings. The maximum absolute atomic E-state index is 12.9. The van der Waals surface area contributed by atoms with E-state index in [1.54, 1.807) is 12.1 Å². The first-order valence-corrected chi connectivity index (χ1v) is 10.6. The number of rotatable bonds is 4. The molecule has 0 aliphatic carbocycles. The minimum Gasteiger partial charge on any atom is -0.487 e. The molecule has 3 rings (SSSR count). The number of fused-ring (bicyclic) bond motifs is 1.